The first kappa shape index (κ1) is 12.6. The maximum atomic E-state index is 5.67. The zero-order valence-electron chi connectivity index (χ0n) is 11.5. The fourth-order valence-electron chi connectivity index (χ4n) is 2.52. The molecule has 2 aromatic heterocycles. The molecule has 1 aromatic carbocycles. The second-order valence-electron chi connectivity index (χ2n) is 5.09. The van der Waals surface area contributed by atoms with Crippen LogP contribution in [-0.4, -0.2) is 23.1 Å². The van der Waals surface area contributed by atoms with Gasteiger partial charge in [-0.25, -0.2) is 9.97 Å². The van der Waals surface area contributed by atoms with Crippen molar-refractivity contribution in [3.63, 3.8) is 0 Å². The van der Waals surface area contributed by atoms with Gasteiger partial charge in [-0.2, -0.15) is 0 Å². The number of benzene rings is 1. The molecule has 0 radical (unpaired) electrons. The van der Waals surface area contributed by atoms with Crippen LogP contribution in [0.4, 0.5) is 5.13 Å². The molecule has 0 N–H and O–H groups in total. The normalized spacial score (nSPS) is 15.5. The summed E-state index contributed by atoms with van der Waals surface area (Å²) in [5.41, 5.74) is 1.71. The Labute approximate surface area is 126 Å². The number of aromatic nitrogens is 2. The molecule has 1 aliphatic heterocycles. The van der Waals surface area contributed by atoms with Crippen molar-refractivity contribution < 1.29 is 4.42 Å². The van der Waals surface area contributed by atoms with E-state index in [1.165, 1.54) is 12.8 Å². The van der Waals surface area contributed by atoms with Crippen LogP contribution in [-0.2, 0) is 0 Å². The van der Waals surface area contributed by atoms with Crippen LogP contribution >= 0.6 is 11.3 Å². The molecular weight excluding hydrogens is 282 g/mol. The second-order valence-corrected chi connectivity index (χ2v) is 6.13. The van der Waals surface area contributed by atoms with Crippen LogP contribution in [0.5, 0.6) is 0 Å². The van der Waals surface area contributed by atoms with Gasteiger partial charge in [0.05, 0.1) is 0 Å². The number of fused-ring (bicyclic) bond motifs is 1. The van der Waals surface area contributed by atoms with Crippen molar-refractivity contribution in [3.05, 3.63) is 41.2 Å². The molecule has 5 heteroatoms. The van der Waals surface area contributed by atoms with Crippen LogP contribution in [0.3, 0.4) is 0 Å². The highest BCUT2D eigenvalue weighted by Crippen LogP contribution is 2.27. The van der Waals surface area contributed by atoms with Gasteiger partial charge in [0, 0.05) is 30.2 Å². The van der Waals surface area contributed by atoms with Crippen molar-refractivity contribution in [2.24, 2.45) is 0 Å². The number of thiazole rings is 1. The van der Waals surface area contributed by atoms with Crippen molar-refractivity contribution in [1.82, 2.24) is 9.97 Å². The molecule has 4 nitrogen and oxygen atoms in total. The van der Waals surface area contributed by atoms with Crippen LogP contribution in [0.1, 0.15) is 23.6 Å². The zero-order chi connectivity index (χ0) is 14.1. The van der Waals surface area contributed by atoms with Gasteiger partial charge in [-0.3, -0.25) is 0 Å². The van der Waals surface area contributed by atoms with E-state index in [4.69, 9.17) is 4.42 Å². The van der Waals surface area contributed by atoms with Crippen LogP contribution in [0, 0.1) is 0 Å². The minimum absolute atomic E-state index is 0.632. The Bertz CT molecular complexity index is 751. The summed E-state index contributed by atoms with van der Waals surface area (Å²) < 4.78 is 5.67. The third-order valence-electron chi connectivity index (χ3n) is 3.59. The van der Waals surface area contributed by atoms with E-state index in [9.17, 15) is 0 Å². The van der Waals surface area contributed by atoms with Gasteiger partial charge < -0.3 is 9.32 Å². The molecular formula is C16H15N3OS. The monoisotopic (exact) mass is 297 g/mol. The van der Waals surface area contributed by atoms with Crippen molar-refractivity contribution >= 4 is 39.7 Å². The Morgan fingerprint density at radius 3 is 2.86 bits per heavy atom. The molecule has 0 atom stereocenters. The van der Waals surface area contributed by atoms with E-state index >= 15 is 0 Å². The Morgan fingerprint density at radius 2 is 2.00 bits per heavy atom. The number of hydrogen-bond acceptors (Lipinski definition) is 5. The third kappa shape index (κ3) is 2.56. The molecule has 0 saturated carbocycles. The molecule has 21 heavy (non-hydrogen) atoms. The number of rotatable bonds is 3. The number of anilines is 1. The smallest absolute Gasteiger partial charge is 0.220 e. The lowest BCUT2D eigenvalue weighted by Crippen LogP contribution is -2.16. The van der Waals surface area contributed by atoms with Gasteiger partial charge in [0.25, 0.3) is 0 Å². The first-order valence-electron chi connectivity index (χ1n) is 7.13. The van der Waals surface area contributed by atoms with Crippen LogP contribution < -0.4 is 4.90 Å². The molecule has 1 aliphatic rings. The number of oxazole rings is 1. The van der Waals surface area contributed by atoms with Gasteiger partial charge in [-0.1, -0.05) is 23.5 Å². The zero-order valence-corrected chi connectivity index (χ0v) is 12.3. The highest BCUT2D eigenvalue weighted by atomic mass is 32.1. The SMILES string of the molecule is C(=Cc1cnc(N2CCCC2)s1)c1nc2ccccc2o1. The summed E-state index contributed by atoms with van der Waals surface area (Å²) in [6.45, 7) is 2.25. The van der Waals surface area contributed by atoms with E-state index in [0.29, 0.717) is 5.89 Å². The van der Waals surface area contributed by atoms with Gasteiger partial charge in [0.1, 0.15) is 5.52 Å². The largest absolute Gasteiger partial charge is 0.437 e. The Morgan fingerprint density at radius 1 is 1.14 bits per heavy atom. The molecule has 0 spiro atoms. The minimum atomic E-state index is 0.632. The van der Waals surface area contributed by atoms with Gasteiger partial charge in [0.15, 0.2) is 10.7 Å². The number of hydrogen-bond donors (Lipinski definition) is 0. The molecule has 0 amide bonds. The average Bonchev–Trinajstić information content (AvgIpc) is 3.23. The molecule has 0 unspecified atom stereocenters. The Kier molecular flexibility index (Phi) is 3.20. The topological polar surface area (TPSA) is 42.2 Å². The van der Waals surface area contributed by atoms with E-state index in [2.05, 4.69) is 14.9 Å². The average molecular weight is 297 g/mol. The Hall–Kier alpha value is -2.14. The van der Waals surface area contributed by atoms with E-state index < -0.39 is 0 Å². The predicted octanol–water partition coefficient (Wildman–Crippen LogP) is 4.05. The summed E-state index contributed by atoms with van der Waals surface area (Å²) in [6, 6.07) is 7.79. The van der Waals surface area contributed by atoms with E-state index in [0.717, 1.165) is 34.2 Å². The van der Waals surface area contributed by atoms with Gasteiger partial charge >= 0.3 is 0 Å². The molecule has 3 aromatic rings. The van der Waals surface area contributed by atoms with Gasteiger partial charge in [-0.15, -0.1) is 0 Å². The van der Waals surface area contributed by atoms with Crippen LogP contribution in [0.15, 0.2) is 34.9 Å². The van der Waals surface area contributed by atoms with Crippen molar-refractivity contribution in [1.29, 1.82) is 0 Å². The van der Waals surface area contributed by atoms with E-state index in [1.54, 1.807) is 11.3 Å². The summed E-state index contributed by atoms with van der Waals surface area (Å²) in [4.78, 5) is 12.4. The molecule has 106 valence electrons. The second kappa shape index (κ2) is 5.33. The lowest BCUT2D eigenvalue weighted by atomic mass is 10.3. The van der Waals surface area contributed by atoms with Crippen molar-refractivity contribution in [2.45, 2.75) is 12.8 Å². The maximum Gasteiger partial charge on any atom is 0.220 e. The van der Waals surface area contributed by atoms with Crippen LogP contribution in [0.25, 0.3) is 23.3 Å². The molecule has 1 saturated heterocycles. The molecule has 4 rings (SSSR count). The lowest BCUT2D eigenvalue weighted by Gasteiger charge is -2.11. The highest BCUT2D eigenvalue weighted by molar-refractivity contribution is 7.16. The molecule has 0 bridgehead atoms. The first-order chi connectivity index (χ1) is 10.4. The third-order valence-corrected chi connectivity index (χ3v) is 4.61. The van der Waals surface area contributed by atoms with Gasteiger partial charge in [0.2, 0.25) is 5.89 Å². The van der Waals surface area contributed by atoms with Gasteiger partial charge in [-0.05, 0) is 31.1 Å². The summed E-state index contributed by atoms with van der Waals surface area (Å²) in [5.74, 6) is 0.632. The van der Waals surface area contributed by atoms with Crippen LogP contribution in [0.2, 0.25) is 0 Å². The summed E-state index contributed by atoms with van der Waals surface area (Å²) in [5, 5.41) is 1.12. The molecule has 0 aliphatic carbocycles. The first-order valence-corrected chi connectivity index (χ1v) is 7.94. The quantitative estimate of drug-likeness (QED) is 0.731. The van der Waals surface area contributed by atoms with E-state index in [1.807, 2.05) is 42.6 Å². The Balaban J connectivity index is 1.54. The maximum absolute atomic E-state index is 5.67. The number of para-hydroxylation sites is 2. The minimum Gasteiger partial charge on any atom is -0.437 e. The summed E-state index contributed by atoms with van der Waals surface area (Å²) >= 11 is 1.71. The van der Waals surface area contributed by atoms with Crippen molar-refractivity contribution in [3.8, 4) is 0 Å². The standard InChI is InChI=1S/C16H15N3OS/c1-2-6-14-13(5-1)18-15(20-14)8-7-12-11-17-16(21-12)19-9-3-4-10-19/h1-2,5-8,11H,3-4,9-10H2. The molecule has 1 fully saturated rings. The predicted molar refractivity (Wildman–Crippen MR) is 86.5 cm³/mol. The van der Waals surface area contributed by atoms with E-state index in [-0.39, 0.29) is 0 Å². The fraction of sp³-hybridized carbons (Fsp3) is 0.250. The summed E-state index contributed by atoms with van der Waals surface area (Å²) in [7, 11) is 0. The summed E-state index contributed by atoms with van der Waals surface area (Å²) in [6.07, 6.45) is 8.38. The highest BCUT2D eigenvalue weighted by Gasteiger charge is 2.14. The molecule has 3 heterocycles. The lowest BCUT2D eigenvalue weighted by molar-refractivity contribution is 0.590. The fourth-order valence-corrected chi connectivity index (χ4v) is 3.39. The van der Waals surface area contributed by atoms with Crippen molar-refractivity contribution in [2.75, 3.05) is 18.0 Å². The number of nitrogens with zero attached hydrogens (tertiary/aromatic N) is 3.